The highest BCUT2D eigenvalue weighted by Gasteiger charge is 2.15. The summed E-state index contributed by atoms with van der Waals surface area (Å²) in [4.78, 5) is 18.0. The van der Waals surface area contributed by atoms with Gasteiger partial charge >= 0.3 is 6.03 Å². The van der Waals surface area contributed by atoms with Gasteiger partial charge in [0.05, 0.1) is 6.33 Å². The number of imidazole rings is 1. The number of hydrogen-bond acceptors (Lipinski definition) is 3. The Morgan fingerprint density at radius 3 is 2.59 bits per heavy atom. The van der Waals surface area contributed by atoms with Crippen molar-refractivity contribution in [3.63, 3.8) is 0 Å². The largest absolute Gasteiger partial charge is 0.334 e. The zero-order chi connectivity index (χ0) is 15.2. The van der Waals surface area contributed by atoms with Crippen LogP contribution < -0.4 is 5.32 Å². The third-order valence-electron chi connectivity index (χ3n) is 3.69. The van der Waals surface area contributed by atoms with E-state index in [4.69, 9.17) is 0 Å². The number of nitrogens with one attached hydrogen (secondary N) is 1. The SMILES string of the molecule is O=C(NCc1ccc(Cn2ccnc2)cc1)N1CCSCC1. The number of benzene rings is 1. The third-order valence-corrected chi connectivity index (χ3v) is 4.63. The molecule has 116 valence electrons. The molecule has 0 saturated carbocycles. The van der Waals surface area contributed by atoms with Gasteiger partial charge in [0.15, 0.2) is 0 Å². The molecule has 2 heterocycles. The first kappa shape index (κ1) is 15.0. The zero-order valence-corrected chi connectivity index (χ0v) is 13.3. The summed E-state index contributed by atoms with van der Waals surface area (Å²) >= 11 is 1.91. The van der Waals surface area contributed by atoms with E-state index in [-0.39, 0.29) is 6.03 Å². The predicted octanol–water partition coefficient (Wildman–Crippen LogP) is 2.19. The molecule has 0 unspecified atom stereocenters. The molecule has 22 heavy (non-hydrogen) atoms. The number of urea groups is 1. The van der Waals surface area contributed by atoms with Crippen molar-refractivity contribution in [2.24, 2.45) is 0 Å². The molecule has 2 aromatic rings. The van der Waals surface area contributed by atoms with Crippen LogP contribution in [0.25, 0.3) is 0 Å². The van der Waals surface area contributed by atoms with Crippen LogP contribution >= 0.6 is 11.8 Å². The fraction of sp³-hybridized carbons (Fsp3) is 0.375. The molecule has 0 radical (unpaired) electrons. The molecule has 1 saturated heterocycles. The van der Waals surface area contributed by atoms with Crippen molar-refractivity contribution >= 4 is 17.8 Å². The van der Waals surface area contributed by atoms with E-state index in [0.29, 0.717) is 6.54 Å². The maximum atomic E-state index is 12.0. The molecular weight excluding hydrogens is 296 g/mol. The number of thioether (sulfide) groups is 1. The maximum absolute atomic E-state index is 12.0. The summed E-state index contributed by atoms with van der Waals surface area (Å²) in [5, 5.41) is 3.00. The molecule has 1 aliphatic rings. The molecule has 0 aliphatic carbocycles. The molecule has 0 bridgehead atoms. The minimum Gasteiger partial charge on any atom is -0.334 e. The maximum Gasteiger partial charge on any atom is 0.317 e. The van der Waals surface area contributed by atoms with Crippen LogP contribution in [0.4, 0.5) is 4.79 Å². The highest BCUT2D eigenvalue weighted by atomic mass is 32.2. The van der Waals surface area contributed by atoms with Crippen molar-refractivity contribution in [2.45, 2.75) is 13.1 Å². The number of rotatable bonds is 4. The van der Waals surface area contributed by atoms with Crippen molar-refractivity contribution in [3.8, 4) is 0 Å². The van der Waals surface area contributed by atoms with E-state index < -0.39 is 0 Å². The lowest BCUT2D eigenvalue weighted by Gasteiger charge is -2.26. The van der Waals surface area contributed by atoms with Gasteiger partial charge in [-0.1, -0.05) is 24.3 Å². The second-order valence-electron chi connectivity index (χ2n) is 5.31. The predicted molar refractivity (Wildman–Crippen MR) is 88.9 cm³/mol. The van der Waals surface area contributed by atoms with Crippen molar-refractivity contribution in [1.29, 1.82) is 0 Å². The molecule has 2 amide bonds. The van der Waals surface area contributed by atoms with Crippen LogP contribution in [0.3, 0.4) is 0 Å². The Balaban J connectivity index is 1.49. The molecule has 0 spiro atoms. The van der Waals surface area contributed by atoms with Gasteiger partial charge in [-0.15, -0.1) is 0 Å². The quantitative estimate of drug-likeness (QED) is 0.941. The standard InChI is InChI=1S/C16H20N4OS/c21-16(20-7-9-22-10-8-20)18-11-14-1-3-15(4-2-14)12-19-6-5-17-13-19/h1-6,13H,7-12H2,(H,18,21). The fourth-order valence-electron chi connectivity index (χ4n) is 2.41. The minimum absolute atomic E-state index is 0.0443. The van der Waals surface area contributed by atoms with Crippen LogP contribution in [0.2, 0.25) is 0 Å². The number of carbonyl (C=O) groups is 1. The smallest absolute Gasteiger partial charge is 0.317 e. The van der Waals surface area contributed by atoms with E-state index in [0.717, 1.165) is 36.7 Å². The normalized spacial score (nSPS) is 14.8. The molecule has 1 fully saturated rings. The molecule has 1 aromatic heterocycles. The van der Waals surface area contributed by atoms with Crippen molar-refractivity contribution < 1.29 is 4.79 Å². The first-order valence-electron chi connectivity index (χ1n) is 7.45. The van der Waals surface area contributed by atoms with E-state index in [2.05, 4.69) is 34.6 Å². The number of amides is 2. The Morgan fingerprint density at radius 2 is 1.91 bits per heavy atom. The molecule has 1 aromatic carbocycles. The fourth-order valence-corrected chi connectivity index (χ4v) is 3.31. The molecule has 3 rings (SSSR count). The lowest BCUT2D eigenvalue weighted by Crippen LogP contribution is -2.44. The Bertz CT molecular complexity index is 591. The second-order valence-corrected chi connectivity index (χ2v) is 6.53. The molecule has 0 atom stereocenters. The van der Waals surface area contributed by atoms with Gasteiger partial charge in [0.25, 0.3) is 0 Å². The van der Waals surface area contributed by atoms with Gasteiger partial charge in [0, 0.05) is 50.1 Å². The van der Waals surface area contributed by atoms with Crippen LogP contribution in [-0.4, -0.2) is 45.1 Å². The van der Waals surface area contributed by atoms with Crippen LogP contribution in [0, 0.1) is 0 Å². The first-order chi connectivity index (χ1) is 10.8. The van der Waals surface area contributed by atoms with E-state index in [1.54, 1.807) is 6.20 Å². The molecule has 5 nitrogen and oxygen atoms in total. The van der Waals surface area contributed by atoms with E-state index in [9.17, 15) is 4.79 Å². The Morgan fingerprint density at radius 1 is 1.18 bits per heavy atom. The van der Waals surface area contributed by atoms with Gasteiger partial charge in [-0.25, -0.2) is 9.78 Å². The molecule has 1 N–H and O–H groups in total. The second kappa shape index (κ2) is 7.35. The van der Waals surface area contributed by atoms with Gasteiger partial charge in [0.2, 0.25) is 0 Å². The molecule has 1 aliphatic heterocycles. The Hall–Kier alpha value is -1.95. The van der Waals surface area contributed by atoms with Crippen LogP contribution in [-0.2, 0) is 13.1 Å². The number of nitrogens with zero attached hydrogens (tertiary/aromatic N) is 3. The summed E-state index contributed by atoms with van der Waals surface area (Å²) in [6.07, 6.45) is 5.54. The highest BCUT2D eigenvalue weighted by Crippen LogP contribution is 2.10. The van der Waals surface area contributed by atoms with Crippen LogP contribution in [0.1, 0.15) is 11.1 Å². The summed E-state index contributed by atoms with van der Waals surface area (Å²) in [5.74, 6) is 2.08. The van der Waals surface area contributed by atoms with Crippen LogP contribution in [0.5, 0.6) is 0 Å². The summed E-state index contributed by atoms with van der Waals surface area (Å²) < 4.78 is 2.03. The van der Waals surface area contributed by atoms with Gasteiger partial charge in [-0.2, -0.15) is 11.8 Å². The molecule has 6 heteroatoms. The third kappa shape index (κ3) is 4.04. The van der Waals surface area contributed by atoms with Gasteiger partial charge in [-0.3, -0.25) is 0 Å². The van der Waals surface area contributed by atoms with Gasteiger partial charge < -0.3 is 14.8 Å². The van der Waals surface area contributed by atoms with Crippen molar-refractivity contribution in [2.75, 3.05) is 24.6 Å². The lowest BCUT2D eigenvalue weighted by molar-refractivity contribution is 0.202. The highest BCUT2D eigenvalue weighted by molar-refractivity contribution is 7.99. The number of carbonyl (C=O) groups excluding carboxylic acids is 1. The first-order valence-corrected chi connectivity index (χ1v) is 8.61. The average molecular weight is 316 g/mol. The van der Waals surface area contributed by atoms with E-state index in [1.165, 1.54) is 5.56 Å². The van der Waals surface area contributed by atoms with Crippen molar-refractivity contribution in [3.05, 3.63) is 54.1 Å². The summed E-state index contributed by atoms with van der Waals surface area (Å²) in [6.45, 7) is 3.09. The summed E-state index contributed by atoms with van der Waals surface area (Å²) in [5.41, 5.74) is 2.34. The van der Waals surface area contributed by atoms with Crippen LogP contribution in [0.15, 0.2) is 43.0 Å². The lowest BCUT2D eigenvalue weighted by atomic mass is 10.1. The zero-order valence-electron chi connectivity index (χ0n) is 12.4. The minimum atomic E-state index is 0.0443. The Kier molecular flexibility index (Phi) is 5.00. The summed E-state index contributed by atoms with van der Waals surface area (Å²) in [6, 6.07) is 8.37. The monoisotopic (exact) mass is 316 g/mol. The van der Waals surface area contributed by atoms with E-state index >= 15 is 0 Å². The van der Waals surface area contributed by atoms with Crippen molar-refractivity contribution in [1.82, 2.24) is 19.8 Å². The number of aromatic nitrogens is 2. The van der Waals surface area contributed by atoms with E-state index in [1.807, 2.05) is 33.8 Å². The van der Waals surface area contributed by atoms with Gasteiger partial charge in [-0.05, 0) is 11.1 Å². The Labute approximate surface area is 134 Å². The molecular formula is C16H20N4OS. The average Bonchev–Trinajstić information content (AvgIpc) is 3.08. The summed E-state index contributed by atoms with van der Waals surface area (Å²) in [7, 11) is 0. The topological polar surface area (TPSA) is 50.2 Å². The van der Waals surface area contributed by atoms with Gasteiger partial charge in [0.1, 0.15) is 0 Å². The number of hydrogen-bond donors (Lipinski definition) is 1.